The fraction of sp³-hybridized carbons (Fsp3) is 0.552. The Kier molecular flexibility index (Phi) is 6.43. The summed E-state index contributed by atoms with van der Waals surface area (Å²) in [6.45, 7) is 2.31. The maximum atomic E-state index is 13.8. The topological polar surface area (TPSA) is 56.3 Å². The van der Waals surface area contributed by atoms with Crippen molar-refractivity contribution in [2.24, 2.45) is 5.92 Å². The van der Waals surface area contributed by atoms with Gasteiger partial charge in [0.25, 0.3) is 0 Å². The van der Waals surface area contributed by atoms with E-state index in [-0.39, 0.29) is 17.1 Å². The highest BCUT2D eigenvalue weighted by atomic mass is 16.5. The zero-order chi connectivity index (χ0) is 24.6. The molecule has 1 saturated heterocycles. The Morgan fingerprint density at radius 3 is 2.34 bits per heavy atom. The van der Waals surface area contributed by atoms with Crippen LogP contribution in [0.2, 0.25) is 0 Å². The first-order chi connectivity index (χ1) is 16.8. The molecule has 1 heterocycles. The minimum atomic E-state index is -0.126. The Balaban J connectivity index is 1.39. The van der Waals surface area contributed by atoms with Gasteiger partial charge in [-0.25, -0.2) is 4.79 Å². The minimum absolute atomic E-state index is 0.116. The van der Waals surface area contributed by atoms with Crippen molar-refractivity contribution in [2.75, 3.05) is 34.3 Å². The van der Waals surface area contributed by atoms with Crippen LogP contribution in [0.5, 0.6) is 11.5 Å². The van der Waals surface area contributed by atoms with Crippen LogP contribution in [0.15, 0.2) is 48.5 Å². The molecule has 1 N–H and O–H groups in total. The number of ether oxygens (including phenoxy) is 1. The Bertz CT molecular complexity index is 1040. The number of carbonyl (C=O) groups excluding carboxylic acids is 1. The lowest BCUT2D eigenvalue weighted by atomic mass is 9.68. The molecule has 2 aromatic rings. The van der Waals surface area contributed by atoms with E-state index in [0.717, 1.165) is 50.1 Å². The van der Waals surface area contributed by atoms with Gasteiger partial charge in [-0.05, 0) is 93.9 Å². The van der Waals surface area contributed by atoms with Crippen LogP contribution in [0.25, 0.3) is 0 Å². The summed E-state index contributed by atoms with van der Waals surface area (Å²) in [5.74, 6) is 1.80. The zero-order valence-corrected chi connectivity index (χ0v) is 21.4. The number of benzene rings is 2. The number of phenolic OH excluding ortho intramolecular Hbond substituents is 1. The van der Waals surface area contributed by atoms with E-state index in [1.807, 2.05) is 24.3 Å². The van der Waals surface area contributed by atoms with Crippen molar-refractivity contribution >= 4 is 6.03 Å². The number of hydrogen-bond donors (Lipinski definition) is 1. The van der Waals surface area contributed by atoms with Gasteiger partial charge < -0.3 is 19.6 Å². The van der Waals surface area contributed by atoms with Crippen LogP contribution < -0.4 is 4.74 Å². The van der Waals surface area contributed by atoms with Gasteiger partial charge in [-0.2, -0.15) is 0 Å². The number of nitrogens with zero attached hydrogens (tertiary/aromatic N) is 3. The van der Waals surface area contributed by atoms with Crippen LogP contribution in [0.4, 0.5) is 4.79 Å². The van der Waals surface area contributed by atoms with Crippen molar-refractivity contribution in [1.82, 2.24) is 14.7 Å². The smallest absolute Gasteiger partial charge is 0.320 e. The van der Waals surface area contributed by atoms with Crippen LogP contribution in [0.1, 0.15) is 56.1 Å². The molecule has 6 heteroatoms. The molecule has 5 rings (SSSR count). The zero-order valence-electron chi connectivity index (χ0n) is 21.4. The summed E-state index contributed by atoms with van der Waals surface area (Å²) in [6.07, 6.45) is 7.64. The van der Waals surface area contributed by atoms with Crippen molar-refractivity contribution in [3.05, 3.63) is 59.7 Å². The first kappa shape index (κ1) is 24.0. The van der Waals surface area contributed by atoms with Gasteiger partial charge >= 0.3 is 6.03 Å². The highest BCUT2D eigenvalue weighted by Gasteiger charge is 2.54. The standard InChI is InChI=1S/C29H39N3O3/c1-30(2)29(24-8-5-9-25(33)18-24)16-14-28(15-17-29)21-31(19-23-10-12-26(35-3)13-11-23)27(34)32(28)20-22-6-4-7-22/h5,8-13,18,22,33H,4,6-7,14-17,19-21H2,1-3H3/t28-,29+. The molecule has 0 unspecified atom stereocenters. The molecule has 2 aliphatic carbocycles. The predicted molar refractivity (Wildman–Crippen MR) is 138 cm³/mol. The summed E-state index contributed by atoms with van der Waals surface area (Å²) in [4.78, 5) is 20.4. The molecule has 0 aromatic heterocycles. The highest BCUT2D eigenvalue weighted by Crippen LogP contribution is 2.50. The van der Waals surface area contributed by atoms with Crippen LogP contribution in [0.3, 0.4) is 0 Å². The van der Waals surface area contributed by atoms with Gasteiger partial charge in [0.15, 0.2) is 0 Å². The summed E-state index contributed by atoms with van der Waals surface area (Å²) < 4.78 is 5.30. The molecule has 6 nitrogen and oxygen atoms in total. The lowest BCUT2D eigenvalue weighted by Gasteiger charge is -2.51. The molecule has 1 aliphatic heterocycles. The van der Waals surface area contributed by atoms with E-state index in [4.69, 9.17) is 4.74 Å². The third-order valence-corrected chi connectivity index (χ3v) is 9.00. The van der Waals surface area contributed by atoms with Gasteiger partial charge in [0.1, 0.15) is 11.5 Å². The Morgan fingerprint density at radius 1 is 1.06 bits per heavy atom. The van der Waals surface area contributed by atoms with E-state index >= 15 is 0 Å². The lowest BCUT2D eigenvalue weighted by molar-refractivity contribution is 0.0158. The maximum absolute atomic E-state index is 13.8. The van der Waals surface area contributed by atoms with Crippen molar-refractivity contribution < 1.29 is 14.6 Å². The van der Waals surface area contributed by atoms with Crippen molar-refractivity contribution in [3.8, 4) is 11.5 Å². The Morgan fingerprint density at radius 2 is 1.77 bits per heavy atom. The molecule has 3 fully saturated rings. The summed E-state index contributed by atoms with van der Waals surface area (Å²) in [5.41, 5.74) is 2.06. The maximum Gasteiger partial charge on any atom is 0.320 e. The van der Waals surface area contributed by atoms with Gasteiger partial charge in [-0.15, -0.1) is 0 Å². The van der Waals surface area contributed by atoms with E-state index in [0.29, 0.717) is 18.2 Å². The Hall–Kier alpha value is -2.73. The average molecular weight is 478 g/mol. The molecule has 35 heavy (non-hydrogen) atoms. The normalized spacial score (nSPS) is 27.0. The largest absolute Gasteiger partial charge is 0.508 e. The van der Waals surface area contributed by atoms with Crippen molar-refractivity contribution in [1.29, 1.82) is 0 Å². The van der Waals surface area contributed by atoms with E-state index < -0.39 is 0 Å². The van der Waals surface area contributed by atoms with Gasteiger partial charge in [0.05, 0.1) is 12.6 Å². The summed E-state index contributed by atoms with van der Waals surface area (Å²) >= 11 is 0. The number of phenols is 1. The molecule has 2 aromatic carbocycles. The Labute approximate surface area is 209 Å². The molecule has 3 aliphatic rings. The van der Waals surface area contributed by atoms with Crippen molar-refractivity contribution in [3.63, 3.8) is 0 Å². The van der Waals surface area contributed by atoms with E-state index in [9.17, 15) is 9.90 Å². The van der Waals surface area contributed by atoms with Gasteiger partial charge in [0.2, 0.25) is 0 Å². The first-order valence-corrected chi connectivity index (χ1v) is 13.0. The fourth-order valence-electron chi connectivity index (χ4n) is 6.51. The number of carbonyl (C=O) groups is 1. The third-order valence-electron chi connectivity index (χ3n) is 9.00. The number of amides is 2. The van der Waals surface area contributed by atoms with Gasteiger partial charge in [-0.1, -0.05) is 30.7 Å². The van der Waals surface area contributed by atoms with Crippen LogP contribution >= 0.6 is 0 Å². The van der Waals surface area contributed by atoms with Crippen LogP contribution in [-0.4, -0.2) is 65.7 Å². The van der Waals surface area contributed by atoms with Crippen LogP contribution in [0, 0.1) is 5.92 Å². The first-order valence-electron chi connectivity index (χ1n) is 13.0. The van der Waals surface area contributed by atoms with E-state index in [1.165, 1.54) is 24.8 Å². The molecule has 0 atom stereocenters. The molecular weight excluding hydrogens is 438 g/mol. The van der Waals surface area contributed by atoms with Crippen molar-refractivity contribution in [2.45, 2.75) is 62.6 Å². The number of methoxy groups -OCH3 is 1. The van der Waals surface area contributed by atoms with Gasteiger partial charge in [0, 0.05) is 25.2 Å². The second-order valence-electron chi connectivity index (χ2n) is 11.1. The van der Waals surface area contributed by atoms with E-state index in [1.54, 1.807) is 13.2 Å². The summed E-state index contributed by atoms with van der Waals surface area (Å²) in [5, 5.41) is 10.2. The number of rotatable bonds is 7. The molecule has 2 saturated carbocycles. The van der Waals surface area contributed by atoms with E-state index in [2.05, 4.69) is 47.0 Å². The predicted octanol–water partition coefficient (Wildman–Crippen LogP) is 5.21. The quantitative estimate of drug-likeness (QED) is 0.595. The molecule has 0 bridgehead atoms. The second kappa shape index (κ2) is 9.38. The third kappa shape index (κ3) is 4.37. The highest BCUT2D eigenvalue weighted by molar-refractivity contribution is 5.78. The number of hydrogen-bond acceptors (Lipinski definition) is 4. The number of urea groups is 1. The molecular formula is C29H39N3O3. The monoisotopic (exact) mass is 477 g/mol. The lowest BCUT2D eigenvalue weighted by Crippen LogP contribution is -2.56. The van der Waals surface area contributed by atoms with Crippen LogP contribution in [-0.2, 0) is 12.1 Å². The van der Waals surface area contributed by atoms with Gasteiger partial charge in [-0.3, -0.25) is 4.90 Å². The minimum Gasteiger partial charge on any atom is -0.508 e. The SMILES string of the molecule is COc1ccc(CN2C[C@]3(CC[C@](c4cccc(O)c4)(N(C)C)CC3)N(CC3CCC3)C2=O)cc1. The molecule has 188 valence electrons. The summed E-state index contributed by atoms with van der Waals surface area (Å²) in [6, 6.07) is 16.0. The molecule has 0 radical (unpaired) electrons. The molecule has 1 spiro atoms. The second-order valence-corrected chi connectivity index (χ2v) is 11.1. The number of aromatic hydroxyl groups is 1. The summed E-state index contributed by atoms with van der Waals surface area (Å²) in [7, 11) is 5.96. The molecule has 2 amide bonds. The average Bonchev–Trinajstić information content (AvgIpc) is 3.07. The fourth-order valence-corrected chi connectivity index (χ4v) is 6.51.